The van der Waals surface area contributed by atoms with Crippen LogP contribution in [0.3, 0.4) is 0 Å². The Balaban J connectivity index is 1.64. The predicted octanol–water partition coefficient (Wildman–Crippen LogP) is 3.75. The molecule has 0 aliphatic heterocycles. The van der Waals surface area contributed by atoms with Gasteiger partial charge in [0.05, 0.1) is 5.56 Å². The fourth-order valence-electron chi connectivity index (χ4n) is 3.24. The van der Waals surface area contributed by atoms with Crippen LogP contribution in [0, 0.1) is 0 Å². The molecule has 2 aromatic carbocycles. The van der Waals surface area contributed by atoms with E-state index in [0.717, 1.165) is 5.56 Å². The molecule has 1 unspecified atom stereocenters. The zero-order chi connectivity index (χ0) is 20.4. The summed E-state index contributed by atoms with van der Waals surface area (Å²) in [6.07, 6.45) is 0.389. The number of carbonyl (C=O) groups excluding carboxylic acids is 3. The van der Waals surface area contributed by atoms with Crippen LogP contribution in [0.2, 0.25) is 5.02 Å². The van der Waals surface area contributed by atoms with E-state index >= 15 is 0 Å². The third-order valence-corrected chi connectivity index (χ3v) is 4.93. The van der Waals surface area contributed by atoms with Crippen molar-refractivity contribution < 1.29 is 19.1 Å². The summed E-state index contributed by atoms with van der Waals surface area (Å²) in [5.74, 6) is -0.0984. The van der Waals surface area contributed by atoms with Crippen LogP contribution >= 0.6 is 11.6 Å². The van der Waals surface area contributed by atoms with Crippen molar-refractivity contribution in [3.8, 4) is 5.75 Å². The molecule has 0 aromatic heterocycles. The quantitative estimate of drug-likeness (QED) is 0.829. The molecular formula is C21H21ClN2O4. The lowest BCUT2D eigenvalue weighted by Gasteiger charge is -2.13. The van der Waals surface area contributed by atoms with Gasteiger partial charge in [-0.1, -0.05) is 18.5 Å². The number of Topliss-reactive ketones (excluding diaryl/α,β-unsaturated/α-hetero) is 1. The molecule has 6 nitrogen and oxygen atoms in total. The van der Waals surface area contributed by atoms with Crippen molar-refractivity contribution in [2.45, 2.75) is 19.3 Å². The Kier molecular flexibility index (Phi) is 5.70. The fraction of sp³-hybridized carbons (Fsp3) is 0.286. The molecule has 1 aliphatic rings. The summed E-state index contributed by atoms with van der Waals surface area (Å²) in [4.78, 5) is 37.8. The van der Waals surface area contributed by atoms with E-state index in [4.69, 9.17) is 16.3 Å². The largest absolute Gasteiger partial charge is 0.483 e. The molecule has 2 aromatic rings. The third-order valence-electron chi connectivity index (χ3n) is 4.60. The van der Waals surface area contributed by atoms with Gasteiger partial charge in [0, 0.05) is 36.8 Å². The third kappa shape index (κ3) is 4.02. The van der Waals surface area contributed by atoms with Crippen molar-refractivity contribution in [2.75, 3.05) is 26.0 Å². The zero-order valence-corrected chi connectivity index (χ0v) is 16.7. The molecule has 0 saturated heterocycles. The Bertz CT molecular complexity index is 938. The Labute approximate surface area is 168 Å². The first kappa shape index (κ1) is 19.9. The number of halogens is 1. The van der Waals surface area contributed by atoms with Gasteiger partial charge in [0.2, 0.25) is 0 Å². The number of anilines is 1. The minimum absolute atomic E-state index is 0.0263. The Hall–Kier alpha value is -2.86. The maximum Gasteiger partial charge on any atom is 0.262 e. The average molecular weight is 401 g/mol. The summed E-state index contributed by atoms with van der Waals surface area (Å²) >= 11 is 6.21. The number of carbonyl (C=O) groups is 3. The first-order chi connectivity index (χ1) is 13.3. The molecule has 146 valence electrons. The monoisotopic (exact) mass is 400 g/mol. The van der Waals surface area contributed by atoms with Crippen molar-refractivity contribution in [3.05, 3.63) is 58.1 Å². The van der Waals surface area contributed by atoms with Gasteiger partial charge in [0.15, 0.2) is 12.4 Å². The first-order valence-electron chi connectivity index (χ1n) is 8.88. The highest BCUT2D eigenvalue weighted by molar-refractivity contribution is 6.32. The molecule has 1 aliphatic carbocycles. The summed E-state index contributed by atoms with van der Waals surface area (Å²) in [6.45, 7) is 1.70. The molecule has 3 rings (SSSR count). The number of hydrogen-bond acceptors (Lipinski definition) is 4. The van der Waals surface area contributed by atoms with Gasteiger partial charge in [-0.2, -0.15) is 0 Å². The Morgan fingerprint density at radius 3 is 2.50 bits per heavy atom. The van der Waals surface area contributed by atoms with E-state index in [2.05, 4.69) is 5.32 Å². The molecule has 28 heavy (non-hydrogen) atoms. The molecule has 1 N–H and O–H groups in total. The van der Waals surface area contributed by atoms with Crippen LogP contribution in [-0.2, 0) is 4.79 Å². The number of rotatable bonds is 5. The maximum absolute atomic E-state index is 12.2. The van der Waals surface area contributed by atoms with Gasteiger partial charge < -0.3 is 15.0 Å². The Morgan fingerprint density at radius 1 is 1.18 bits per heavy atom. The van der Waals surface area contributed by atoms with Crippen molar-refractivity contribution in [3.63, 3.8) is 0 Å². The van der Waals surface area contributed by atoms with Gasteiger partial charge in [0.1, 0.15) is 5.75 Å². The summed E-state index contributed by atoms with van der Waals surface area (Å²) in [5, 5.41) is 3.25. The minimum Gasteiger partial charge on any atom is -0.483 e. The van der Waals surface area contributed by atoms with Gasteiger partial charge in [-0.3, -0.25) is 14.4 Å². The van der Waals surface area contributed by atoms with Crippen LogP contribution in [-0.4, -0.2) is 43.2 Å². The Morgan fingerprint density at radius 2 is 1.86 bits per heavy atom. The van der Waals surface area contributed by atoms with E-state index in [1.54, 1.807) is 50.5 Å². The summed E-state index contributed by atoms with van der Waals surface area (Å²) in [5.41, 5.74) is 2.34. The standard InChI is InChI=1S/C21H21ClN2O4/c1-12-10-16(25)20-17(9-8-15(22)19(12)20)28-11-18(26)23-14-6-4-13(5-7-14)21(27)24(2)3/h4-9,12H,10-11H2,1-3H3,(H,23,26). The van der Waals surface area contributed by atoms with Crippen molar-refractivity contribution in [1.29, 1.82) is 0 Å². The van der Waals surface area contributed by atoms with Crippen LogP contribution < -0.4 is 10.1 Å². The first-order valence-corrected chi connectivity index (χ1v) is 9.25. The normalized spacial score (nSPS) is 15.1. The number of amides is 2. The molecule has 0 saturated carbocycles. The predicted molar refractivity (Wildman–Crippen MR) is 107 cm³/mol. The second-order valence-electron chi connectivity index (χ2n) is 6.98. The molecule has 1 atom stereocenters. The van der Waals surface area contributed by atoms with E-state index in [-0.39, 0.29) is 30.1 Å². The number of ketones is 1. The van der Waals surface area contributed by atoms with Gasteiger partial charge in [-0.25, -0.2) is 0 Å². The number of nitrogens with zero attached hydrogens (tertiary/aromatic N) is 1. The highest BCUT2D eigenvalue weighted by Gasteiger charge is 2.31. The lowest BCUT2D eigenvalue weighted by Crippen LogP contribution is -2.22. The summed E-state index contributed by atoms with van der Waals surface area (Å²) in [6, 6.07) is 9.89. The second kappa shape index (κ2) is 8.02. The van der Waals surface area contributed by atoms with Crippen molar-refractivity contribution in [2.24, 2.45) is 0 Å². The van der Waals surface area contributed by atoms with E-state index in [9.17, 15) is 14.4 Å². The van der Waals surface area contributed by atoms with E-state index in [1.807, 2.05) is 6.92 Å². The molecule has 2 amide bonds. The number of ether oxygens (including phenoxy) is 1. The van der Waals surface area contributed by atoms with Gasteiger partial charge in [-0.05, 0) is 47.9 Å². The lowest BCUT2D eigenvalue weighted by molar-refractivity contribution is -0.118. The lowest BCUT2D eigenvalue weighted by atomic mass is 10.0. The van der Waals surface area contributed by atoms with Gasteiger partial charge in [-0.15, -0.1) is 0 Å². The topological polar surface area (TPSA) is 75.7 Å². The molecule has 0 radical (unpaired) electrons. The SMILES string of the molecule is CC1CC(=O)c2c(OCC(=O)Nc3ccc(C(=O)N(C)C)cc3)ccc(Cl)c21. The van der Waals surface area contributed by atoms with Crippen LogP contribution in [0.1, 0.15) is 45.5 Å². The highest BCUT2D eigenvalue weighted by atomic mass is 35.5. The highest BCUT2D eigenvalue weighted by Crippen LogP contribution is 2.42. The van der Waals surface area contributed by atoms with Crippen LogP contribution in [0.15, 0.2) is 36.4 Å². The molecular weight excluding hydrogens is 380 g/mol. The summed E-state index contributed by atoms with van der Waals surface area (Å²) in [7, 11) is 3.35. The van der Waals surface area contributed by atoms with E-state index in [1.165, 1.54) is 4.90 Å². The van der Waals surface area contributed by atoms with Gasteiger partial charge in [0.25, 0.3) is 11.8 Å². The smallest absolute Gasteiger partial charge is 0.262 e. The van der Waals surface area contributed by atoms with Crippen LogP contribution in [0.4, 0.5) is 5.69 Å². The van der Waals surface area contributed by atoms with Crippen molar-refractivity contribution >= 4 is 34.9 Å². The average Bonchev–Trinajstić information content (AvgIpc) is 2.96. The van der Waals surface area contributed by atoms with Crippen LogP contribution in [0.5, 0.6) is 5.75 Å². The van der Waals surface area contributed by atoms with Gasteiger partial charge >= 0.3 is 0 Å². The molecule has 0 bridgehead atoms. The fourth-order valence-corrected chi connectivity index (χ4v) is 3.58. The van der Waals surface area contributed by atoms with Crippen LogP contribution in [0.25, 0.3) is 0 Å². The van der Waals surface area contributed by atoms with E-state index < -0.39 is 0 Å². The molecule has 7 heteroatoms. The van der Waals surface area contributed by atoms with Crippen molar-refractivity contribution in [1.82, 2.24) is 4.90 Å². The minimum atomic E-state index is -0.367. The number of nitrogens with one attached hydrogen (secondary N) is 1. The number of fused-ring (bicyclic) bond motifs is 1. The number of benzene rings is 2. The van der Waals surface area contributed by atoms with E-state index in [0.29, 0.717) is 34.0 Å². The zero-order valence-electron chi connectivity index (χ0n) is 15.9. The maximum atomic E-state index is 12.2. The molecule has 0 fully saturated rings. The molecule has 0 heterocycles. The number of hydrogen-bond donors (Lipinski definition) is 1. The summed E-state index contributed by atoms with van der Waals surface area (Å²) < 4.78 is 5.60. The second-order valence-corrected chi connectivity index (χ2v) is 7.38. The molecule has 0 spiro atoms.